The predicted molar refractivity (Wildman–Crippen MR) is 127 cm³/mol. The molecule has 0 aromatic heterocycles. The highest BCUT2D eigenvalue weighted by Crippen LogP contribution is 2.55. The first-order valence-corrected chi connectivity index (χ1v) is 11.8. The fraction of sp³-hybridized carbons (Fsp3) is 0.519. The molecule has 9 nitrogen and oxygen atoms in total. The Balaban J connectivity index is 2.13. The van der Waals surface area contributed by atoms with Gasteiger partial charge in [-0.05, 0) is 39.7 Å². The number of fused-ring (bicyclic) bond motifs is 3. The molecule has 1 saturated heterocycles. The molecule has 9 heteroatoms. The zero-order chi connectivity index (χ0) is 26.9. The van der Waals surface area contributed by atoms with Gasteiger partial charge in [-0.3, -0.25) is 9.59 Å². The fourth-order valence-corrected chi connectivity index (χ4v) is 5.23. The van der Waals surface area contributed by atoms with Gasteiger partial charge in [-0.25, -0.2) is 14.4 Å². The summed E-state index contributed by atoms with van der Waals surface area (Å²) in [6, 6.07) is 0. The van der Waals surface area contributed by atoms with Crippen molar-refractivity contribution in [3.8, 4) is 0 Å². The van der Waals surface area contributed by atoms with Gasteiger partial charge in [-0.15, -0.1) is 0 Å². The molecular formula is C27H32O9. The summed E-state index contributed by atoms with van der Waals surface area (Å²) in [4.78, 5) is 63.5. The summed E-state index contributed by atoms with van der Waals surface area (Å²) >= 11 is 0. The lowest BCUT2D eigenvalue weighted by atomic mass is 9.67. The average Bonchev–Trinajstić information content (AvgIpc) is 3.11. The molecule has 3 aliphatic rings. The number of carbonyl (C=O) groups excluding carboxylic acids is 5. The minimum atomic E-state index is -1.29. The van der Waals surface area contributed by atoms with E-state index in [0.29, 0.717) is 5.57 Å². The molecule has 2 bridgehead atoms. The van der Waals surface area contributed by atoms with Crippen molar-refractivity contribution in [3.05, 3.63) is 47.6 Å². The van der Waals surface area contributed by atoms with Crippen LogP contribution in [0.1, 0.15) is 41.5 Å². The number of hydrogen-bond acceptors (Lipinski definition) is 9. The van der Waals surface area contributed by atoms with Gasteiger partial charge in [0.15, 0.2) is 5.78 Å². The summed E-state index contributed by atoms with van der Waals surface area (Å²) in [7, 11) is 0. The molecule has 1 aliphatic heterocycles. The van der Waals surface area contributed by atoms with Crippen LogP contribution in [0, 0.1) is 23.2 Å². The highest BCUT2D eigenvalue weighted by atomic mass is 16.6. The van der Waals surface area contributed by atoms with Crippen LogP contribution >= 0.6 is 0 Å². The largest absolute Gasteiger partial charge is 0.461 e. The molecule has 0 aromatic rings. The molecule has 0 radical (unpaired) electrons. The maximum absolute atomic E-state index is 13.3. The lowest BCUT2D eigenvalue weighted by Gasteiger charge is -2.42. The third-order valence-electron chi connectivity index (χ3n) is 7.54. The maximum Gasteiger partial charge on any atom is 0.337 e. The Morgan fingerprint density at radius 2 is 1.78 bits per heavy atom. The van der Waals surface area contributed by atoms with Crippen LogP contribution in [0.5, 0.6) is 0 Å². The number of esters is 4. The van der Waals surface area contributed by atoms with Crippen LogP contribution in [0.15, 0.2) is 47.6 Å². The van der Waals surface area contributed by atoms with Gasteiger partial charge in [0.25, 0.3) is 0 Å². The van der Waals surface area contributed by atoms with Gasteiger partial charge in [0.1, 0.15) is 24.9 Å². The van der Waals surface area contributed by atoms with Crippen LogP contribution in [-0.2, 0) is 42.9 Å². The van der Waals surface area contributed by atoms with E-state index in [1.807, 2.05) is 0 Å². The van der Waals surface area contributed by atoms with Crippen LogP contribution in [0.25, 0.3) is 0 Å². The van der Waals surface area contributed by atoms with E-state index in [1.165, 1.54) is 19.1 Å². The second-order valence-electron chi connectivity index (χ2n) is 9.57. The summed E-state index contributed by atoms with van der Waals surface area (Å²) in [5.41, 5.74) is -0.947. The zero-order valence-corrected chi connectivity index (χ0v) is 21.4. The molecule has 3 rings (SSSR count). The lowest BCUT2D eigenvalue weighted by Crippen LogP contribution is -2.55. The number of carbonyl (C=O) groups is 5. The summed E-state index contributed by atoms with van der Waals surface area (Å²) < 4.78 is 22.4. The first-order chi connectivity index (χ1) is 16.9. The van der Waals surface area contributed by atoms with Gasteiger partial charge in [0, 0.05) is 24.0 Å². The average molecular weight is 501 g/mol. The van der Waals surface area contributed by atoms with E-state index < -0.39 is 65.4 Å². The van der Waals surface area contributed by atoms with Gasteiger partial charge in [0.2, 0.25) is 0 Å². The van der Waals surface area contributed by atoms with Crippen molar-refractivity contribution in [2.24, 2.45) is 23.2 Å². The molecule has 0 N–H and O–H groups in total. The van der Waals surface area contributed by atoms with Gasteiger partial charge < -0.3 is 18.9 Å². The normalized spacial score (nSPS) is 33.9. The van der Waals surface area contributed by atoms with Gasteiger partial charge in [-0.2, -0.15) is 0 Å². The van der Waals surface area contributed by atoms with E-state index in [-0.39, 0.29) is 23.5 Å². The molecule has 2 fully saturated rings. The molecule has 0 unspecified atom stereocenters. The molecule has 194 valence electrons. The van der Waals surface area contributed by atoms with Crippen LogP contribution in [0.3, 0.4) is 0 Å². The Kier molecular flexibility index (Phi) is 7.71. The smallest absolute Gasteiger partial charge is 0.337 e. The molecule has 7 atom stereocenters. The van der Waals surface area contributed by atoms with Crippen LogP contribution in [0.4, 0.5) is 0 Å². The van der Waals surface area contributed by atoms with Crippen LogP contribution in [-0.4, -0.2) is 54.6 Å². The predicted octanol–water partition coefficient (Wildman–Crippen LogP) is 2.79. The van der Waals surface area contributed by atoms with Crippen molar-refractivity contribution in [1.82, 2.24) is 0 Å². The molecule has 1 heterocycles. The van der Waals surface area contributed by atoms with Crippen molar-refractivity contribution in [2.45, 2.75) is 59.9 Å². The SMILES string of the molecule is C=C1C(=O)O[C@@H]2[C@@H](C)[C@@H]3C=CC(=O)[C@@]3(C)[C@@H](OC(=O)/C(=C\C)COC(C)=O)[C@H]1[C@@H]2OC(=O)/C(C)=C\C. The van der Waals surface area contributed by atoms with Crippen molar-refractivity contribution in [1.29, 1.82) is 0 Å². The van der Waals surface area contributed by atoms with E-state index >= 15 is 0 Å². The minimum absolute atomic E-state index is 0.0555. The summed E-state index contributed by atoms with van der Waals surface area (Å²) in [5.74, 6) is -5.00. The zero-order valence-electron chi connectivity index (χ0n) is 21.4. The van der Waals surface area contributed by atoms with Gasteiger partial charge >= 0.3 is 23.9 Å². The van der Waals surface area contributed by atoms with E-state index in [4.69, 9.17) is 18.9 Å². The topological polar surface area (TPSA) is 122 Å². The van der Waals surface area contributed by atoms with E-state index in [1.54, 1.807) is 46.8 Å². The summed E-state index contributed by atoms with van der Waals surface area (Å²) in [5, 5.41) is 0. The van der Waals surface area contributed by atoms with Crippen LogP contribution < -0.4 is 0 Å². The van der Waals surface area contributed by atoms with Crippen LogP contribution in [0.2, 0.25) is 0 Å². The van der Waals surface area contributed by atoms with E-state index in [0.717, 1.165) is 0 Å². The number of rotatable bonds is 6. The molecule has 0 spiro atoms. The summed E-state index contributed by atoms with van der Waals surface area (Å²) in [6.45, 7) is 13.1. The Labute approximate surface area is 210 Å². The maximum atomic E-state index is 13.3. The quantitative estimate of drug-likeness (QED) is 0.308. The third kappa shape index (κ3) is 4.54. The highest BCUT2D eigenvalue weighted by Gasteiger charge is 2.65. The first-order valence-electron chi connectivity index (χ1n) is 11.8. The van der Waals surface area contributed by atoms with E-state index in [9.17, 15) is 24.0 Å². The molecule has 1 saturated carbocycles. The lowest BCUT2D eigenvalue weighted by molar-refractivity contribution is -0.187. The molecular weight excluding hydrogens is 468 g/mol. The molecule has 2 aliphatic carbocycles. The fourth-order valence-electron chi connectivity index (χ4n) is 5.23. The van der Waals surface area contributed by atoms with Crippen molar-refractivity contribution >= 4 is 29.7 Å². The number of allylic oxidation sites excluding steroid dienone is 4. The Morgan fingerprint density at radius 3 is 2.36 bits per heavy atom. The van der Waals surface area contributed by atoms with Crippen molar-refractivity contribution in [2.75, 3.05) is 6.61 Å². The van der Waals surface area contributed by atoms with Crippen molar-refractivity contribution < 1.29 is 42.9 Å². The Hall–Kier alpha value is -3.49. The summed E-state index contributed by atoms with van der Waals surface area (Å²) in [6.07, 6.45) is 3.03. The Morgan fingerprint density at radius 1 is 1.11 bits per heavy atom. The Bertz CT molecular complexity index is 1090. The molecule has 36 heavy (non-hydrogen) atoms. The molecule has 0 amide bonds. The standard InChI is InChI=1S/C27H32O9/c1-8-13(3)24(30)35-22-20-15(5)25(31)34-21(22)14(4)18-10-11-19(29)27(18,7)23(20)36-26(32)17(9-2)12-33-16(6)28/h8-11,14,18,20-23H,5,12H2,1-4,6-7H3/b13-8-,17-9-/t14-,18-,20+,21+,22-,23-,27-/m0/s1. The monoisotopic (exact) mass is 500 g/mol. The molecule has 0 aromatic carbocycles. The highest BCUT2D eigenvalue weighted by molar-refractivity contribution is 6.00. The van der Waals surface area contributed by atoms with E-state index in [2.05, 4.69) is 6.58 Å². The van der Waals surface area contributed by atoms with Gasteiger partial charge in [0.05, 0.1) is 16.9 Å². The number of ketones is 1. The second-order valence-corrected chi connectivity index (χ2v) is 9.57. The number of hydrogen-bond donors (Lipinski definition) is 0. The van der Waals surface area contributed by atoms with Gasteiger partial charge in [-0.1, -0.05) is 31.7 Å². The number of ether oxygens (including phenoxy) is 4. The second kappa shape index (κ2) is 10.2. The first kappa shape index (κ1) is 27.1. The minimum Gasteiger partial charge on any atom is -0.461 e. The third-order valence-corrected chi connectivity index (χ3v) is 7.54. The van der Waals surface area contributed by atoms with Crippen molar-refractivity contribution in [3.63, 3.8) is 0 Å².